The third-order valence-electron chi connectivity index (χ3n) is 3.07. The van der Waals surface area contributed by atoms with Gasteiger partial charge in [-0.2, -0.15) is 11.8 Å². The minimum Gasteiger partial charge on any atom is -0.371 e. The lowest BCUT2D eigenvalue weighted by Gasteiger charge is -2.29. The highest BCUT2D eigenvalue weighted by atomic mass is 32.2. The molecular weight excluding hydrogens is 264 g/mol. The molecule has 1 aromatic carbocycles. The van der Waals surface area contributed by atoms with Crippen LogP contribution in [0.4, 0.5) is 17.1 Å². The summed E-state index contributed by atoms with van der Waals surface area (Å²) in [6, 6.07) is 5.15. The zero-order valence-corrected chi connectivity index (χ0v) is 12.2. The molecule has 0 aliphatic carbocycles. The summed E-state index contributed by atoms with van der Waals surface area (Å²) < 4.78 is 0. The summed E-state index contributed by atoms with van der Waals surface area (Å²) in [5, 5.41) is 10.9. The van der Waals surface area contributed by atoms with Crippen LogP contribution in [0.5, 0.6) is 0 Å². The van der Waals surface area contributed by atoms with Crippen molar-refractivity contribution in [1.29, 1.82) is 0 Å². The number of hydrazine groups is 1. The van der Waals surface area contributed by atoms with Crippen LogP contribution in [-0.4, -0.2) is 30.0 Å². The van der Waals surface area contributed by atoms with Crippen LogP contribution in [0.3, 0.4) is 0 Å². The zero-order valence-electron chi connectivity index (χ0n) is 11.4. The number of rotatable bonds is 7. The van der Waals surface area contributed by atoms with Crippen LogP contribution in [0.1, 0.15) is 13.3 Å². The molecule has 3 N–H and O–H groups in total. The lowest BCUT2D eigenvalue weighted by atomic mass is 10.1. The Morgan fingerprint density at radius 3 is 2.68 bits per heavy atom. The Morgan fingerprint density at radius 1 is 1.53 bits per heavy atom. The monoisotopic (exact) mass is 284 g/mol. The van der Waals surface area contributed by atoms with Gasteiger partial charge in [-0.25, -0.2) is 0 Å². The van der Waals surface area contributed by atoms with Gasteiger partial charge in [-0.1, -0.05) is 6.92 Å². The van der Waals surface area contributed by atoms with E-state index in [0.717, 1.165) is 17.9 Å². The highest BCUT2D eigenvalue weighted by Crippen LogP contribution is 2.28. The number of nitro benzene ring substituents is 1. The molecule has 1 atom stereocenters. The summed E-state index contributed by atoms with van der Waals surface area (Å²) in [7, 11) is 1.95. The molecule has 0 aromatic heterocycles. The van der Waals surface area contributed by atoms with Gasteiger partial charge in [0.2, 0.25) is 0 Å². The second-order valence-corrected chi connectivity index (χ2v) is 5.18. The number of anilines is 2. The van der Waals surface area contributed by atoms with Crippen molar-refractivity contribution in [1.82, 2.24) is 0 Å². The van der Waals surface area contributed by atoms with Gasteiger partial charge >= 0.3 is 0 Å². The van der Waals surface area contributed by atoms with E-state index < -0.39 is 4.92 Å². The van der Waals surface area contributed by atoms with Crippen LogP contribution in [0.15, 0.2) is 18.2 Å². The Hall–Kier alpha value is -1.47. The number of thioether (sulfide) groups is 1. The predicted molar refractivity (Wildman–Crippen MR) is 81.8 cm³/mol. The average Bonchev–Trinajstić information content (AvgIpc) is 2.43. The van der Waals surface area contributed by atoms with E-state index in [2.05, 4.69) is 23.5 Å². The zero-order chi connectivity index (χ0) is 14.4. The maximum Gasteiger partial charge on any atom is 0.273 e. The van der Waals surface area contributed by atoms with Crippen molar-refractivity contribution in [3.05, 3.63) is 28.3 Å². The molecule has 0 heterocycles. The molecule has 6 nitrogen and oxygen atoms in total. The number of non-ortho nitro benzene ring substituents is 1. The highest BCUT2D eigenvalue weighted by Gasteiger charge is 2.17. The number of nitrogen functional groups attached to an aromatic ring is 1. The molecular formula is C12H20N4O2S. The smallest absolute Gasteiger partial charge is 0.273 e. The lowest BCUT2D eigenvalue weighted by Crippen LogP contribution is -2.33. The van der Waals surface area contributed by atoms with Crippen LogP contribution >= 0.6 is 11.8 Å². The predicted octanol–water partition coefficient (Wildman–Crippen LogP) is 2.46. The van der Waals surface area contributed by atoms with Gasteiger partial charge in [-0.05, 0) is 18.7 Å². The molecule has 106 valence electrons. The van der Waals surface area contributed by atoms with Crippen LogP contribution in [0, 0.1) is 10.1 Å². The third kappa shape index (κ3) is 4.00. The Kier molecular flexibility index (Phi) is 5.91. The number of nitrogens with two attached hydrogens (primary N) is 1. The van der Waals surface area contributed by atoms with Crippen molar-refractivity contribution >= 4 is 28.8 Å². The van der Waals surface area contributed by atoms with Crippen molar-refractivity contribution in [2.75, 3.05) is 29.4 Å². The minimum absolute atomic E-state index is 0.0382. The van der Waals surface area contributed by atoms with Crippen molar-refractivity contribution in [2.24, 2.45) is 5.84 Å². The molecule has 0 amide bonds. The fraction of sp³-hybridized carbons (Fsp3) is 0.500. The van der Waals surface area contributed by atoms with E-state index in [9.17, 15) is 10.1 Å². The standard InChI is InChI=1S/C12H20N4O2S/c1-4-10(8-19-3)15(2)11-5-9(14-13)6-12(7-11)16(17)18/h5-7,10,14H,4,8,13H2,1-3H3. The molecule has 0 aliphatic heterocycles. The second kappa shape index (κ2) is 7.20. The van der Waals surface area contributed by atoms with Crippen molar-refractivity contribution in [2.45, 2.75) is 19.4 Å². The first-order valence-corrected chi connectivity index (χ1v) is 7.40. The van der Waals surface area contributed by atoms with Gasteiger partial charge in [0.05, 0.1) is 10.6 Å². The number of nitrogens with zero attached hydrogens (tertiary/aromatic N) is 2. The maximum atomic E-state index is 10.9. The van der Waals surface area contributed by atoms with Gasteiger partial charge in [0.15, 0.2) is 0 Å². The second-order valence-electron chi connectivity index (χ2n) is 4.27. The van der Waals surface area contributed by atoms with E-state index in [1.165, 1.54) is 6.07 Å². The molecule has 0 saturated carbocycles. The van der Waals surface area contributed by atoms with Gasteiger partial charge in [0.25, 0.3) is 5.69 Å². The Morgan fingerprint density at radius 2 is 2.21 bits per heavy atom. The number of nitrogens with one attached hydrogen (secondary N) is 1. The van der Waals surface area contributed by atoms with Crippen LogP contribution < -0.4 is 16.2 Å². The fourth-order valence-electron chi connectivity index (χ4n) is 1.89. The maximum absolute atomic E-state index is 10.9. The van der Waals surface area contributed by atoms with E-state index in [0.29, 0.717) is 11.7 Å². The minimum atomic E-state index is -0.409. The molecule has 1 unspecified atom stereocenters. The lowest BCUT2D eigenvalue weighted by molar-refractivity contribution is -0.384. The summed E-state index contributed by atoms with van der Waals surface area (Å²) in [6.45, 7) is 2.11. The topological polar surface area (TPSA) is 84.4 Å². The first-order valence-electron chi connectivity index (χ1n) is 6.01. The Labute approximate surface area is 117 Å². The third-order valence-corrected chi connectivity index (χ3v) is 3.78. The quantitative estimate of drug-likeness (QED) is 0.454. The van der Waals surface area contributed by atoms with Gasteiger partial charge in [-0.15, -0.1) is 0 Å². The normalized spacial score (nSPS) is 12.0. The molecule has 0 bridgehead atoms. The van der Waals surface area contributed by atoms with E-state index >= 15 is 0 Å². The van der Waals surface area contributed by atoms with E-state index in [4.69, 9.17) is 5.84 Å². The Bertz CT molecular complexity index is 442. The molecule has 0 radical (unpaired) electrons. The van der Waals surface area contributed by atoms with Crippen molar-refractivity contribution in [3.63, 3.8) is 0 Å². The van der Waals surface area contributed by atoms with E-state index in [-0.39, 0.29) is 5.69 Å². The highest BCUT2D eigenvalue weighted by molar-refractivity contribution is 7.98. The van der Waals surface area contributed by atoms with Crippen molar-refractivity contribution in [3.8, 4) is 0 Å². The summed E-state index contributed by atoms with van der Waals surface area (Å²) in [4.78, 5) is 12.6. The summed E-state index contributed by atoms with van der Waals surface area (Å²) >= 11 is 1.76. The fourth-order valence-corrected chi connectivity index (χ4v) is 2.74. The summed E-state index contributed by atoms with van der Waals surface area (Å²) in [5.41, 5.74) is 3.84. The average molecular weight is 284 g/mol. The number of hydrogen-bond donors (Lipinski definition) is 2. The van der Waals surface area contributed by atoms with Gasteiger partial charge in [-0.3, -0.25) is 16.0 Å². The number of nitro groups is 1. The number of hydrogen-bond acceptors (Lipinski definition) is 6. The first kappa shape index (κ1) is 15.6. The van der Waals surface area contributed by atoms with Gasteiger partial charge in [0, 0.05) is 36.7 Å². The molecule has 0 fully saturated rings. The van der Waals surface area contributed by atoms with Gasteiger partial charge < -0.3 is 10.3 Å². The molecule has 1 aromatic rings. The molecule has 1 rings (SSSR count). The summed E-state index contributed by atoms with van der Waals surface area (Å²) in [5.74, 6) is 6.33. The SMILES string of the molecule is CCC(CSC)N(C)c1cc(NN)cc([N+](=O)[O-])c1. The number of benzene rings is 1. The van der Waals surface area contributed by atoms with Crippen LogP contribution in [0.25, 0.3) is 0 Å². The van der Waals surface area contributed by atoms with Crippen LogP contribution in [-0.2, 0) is 0 Å². The van der Waals surface area contributed by atoms with Crippen LogP contribution in [0.2, 0.25) is 0 Å². The molecule has 0 spiro atoms. The van der Waals surface area contributed by atoms with Gasteiger partial charge in [0.1, 0.15) is 0 Å². The van der Waals surface area contributed by atoms with Crippen molar-refractivity contribution < 1.29 is 4.92 Å². The molecule has 7 heteroatoms. The van der Waals surface area contributed by atoms with E-state index in [1.807, 2.05) is 13.1 Å². The van der Waals surface area contributed by atoms with E-state index in [1.54, 1.807) is 17.8 Å². The molecule has 19 heavy (non-hydrogen) atoms. The molecule has 0 aliphatic rings. The summed E-state index contributed by atoms with van der Waals surface area (Å²) in [6.07, 6.45) is 3.03. The Balaban J connectivity index is 3.10. The molecule has 0 saturated heterocycles. The largest absolute Gasteiger partial charge is 0.371 e. The first-order chi connectivity index (χ1) is 9.03.